The SMILES string of the molecule is Cc1nnc2sc(C(=O)N3CC4CN(c5cnccn5)CC4C3)c(N)c2c1C. The summed E-state index contributed by atoms with van der Waals surface area (Å²) in [5, 5.41) is 9.27. The summed E-state index contributed by atoms with van der Waals surface area (Å²) in [5.74, 6) is 1.82. The van der Waals surface area contributed by atoms with Crippen LogP contribution in [0.25, 0.3) is 10.2 Å². The van der Waals surface area contributed by atoms with E-state index in [1.54, 1.807) is 18.6 Å². The molecule has 2 unspecified atom stereocenters. The number of aryl methyl sites for hydroxylation is 2. The van der Waals surface area contributed by atoms with Crippen LogP contribution in [0.15, 0.2) is 18.6 Å². The van der Waals surface area contributed by atoms with Crippen LogP contribution < -0.4 is 10.6 Å². The molecule has 2 saturated heterocycles. The highest BCUT2D eigenvalue weighted by Gasteiger charge is 2.42. The van der Waals surface area contributed by atoms with Gasteiger partial charge in [-0.15, -0.1) is 16.4 Å². The molecular formula is C19H21N7OS. The number of nitrogens with two attached hydrogens (primary N) is 1. The second kappa shape index (κ2) is 6.37. The number of anilines is 2. The zero-order valence-electron chi connectivity index (χ0n) is 15.8. The number of aromatic nitrogens is 4. The number of hydrogen-bond donors (Lipinski definition) is 1. The van der Waals surface area contributed by atoms with Crippen LogP contribution in [-0.2, 0) is 0 Å². The maximum atomic E-state index is 13.2. The number of nitrogens with zero attached hydrogens (tertiary/aromatic N) is 6. The summed E-state index contributed by atoms with van der Waals surface area (Å²) < 4.78 is 0. The number of nitrogen functional groups attached to an aromatic ring is 1. The monoisotopic (exact) mass is 395 g/mol. The summed E-state index contributed by atoms with van der Waals surface area (Å²) in [5.41, 5.74) is 8.74. The molecule has 2 fully saturated rings. The van der Waals surface area contributed by atoms with Crippen molar-refractivity contribution in [2.75, 3.05) is 36.8 Å². The molecule has 2 aliphatic rings. The molecule has 0 spiro atoms. The fraction of sp³-hybridized carbons (Fsp3) is 0.421. The Bertz CT molecular complexity index is 1050. The van der Waals surface area contributed by atoms with Crippen LogP contribution in [0, 0.1) is 25.7 Å². The molecule has 28 heavy (non-hydrogen) atoms. The van der Waals surface area contributed by atoms with Gasteiger partial charge < -0.3 is 15.5 Å². The molecule has 5 rings (SSSR count). The quantitative estimate of drug-likeness (QED) is 0.707. The van der Waals surface area contributed by atoms with Crippen LogP contribution in [-0.4, -0.2) is 57.2 Å². The van der Waals surface area contributed by atoms with E-state index in [4.69, 9.17) is 5.73 Å². The normalized spacial score (nSPS) is 21.5. The molecule has 0 radical (unpaired) electrons. The molecule has 1 amide bonds. The van der Waals surface area contributed by atoms with Gasteiger partial charge in [0.05, 0.1) is 17.6 Å². The summed E-state index contributed by atoms with van der Waals surface area (Å²) in [6.45, 7) is 7.18. The molecule has 0 saturated carbocycles. The Kier molecular flexibility index (Phi) is 3.94. The average Bonchev–Trinajstić information content (AvgIpc) is 3.37. The third kappa shape index (κ3) is 2.61. The maximum Gasteiger partial charge on any atom is 0.266 e. The van der Waals surface area contributed by atoms with Crippen molar-refractivity contribution in [1.29, 1.82) is 0 Å². The Balaban J connectivity index is 1.36. The largest absolute Gasteiger partial charge is 0.397 e. The van der Waals surface area contributed by atoms with E-state index in [1.165, 1.54) is 11.3 Å². The predicted octanol–water partition coefficient (Wildman–Crippen LogP) is 1.89. The van der Waals surface area contributed by atoms with Gasteiger partial charge in [-0.1, -0.05) is 0 Å². The van der Waals surface area contributed by atoms with Crippen molar-refractivity contribution in [1.82, 2.24) is 25.1 Å². The van der Waals surface area contributed by atoms with Gasteiger partial charge in [-0.3, -0.25) is 9.78 Å². The number of hydrogen-bond acceptors (Lipinski definition) is 8. The summed E-state index contributed by atoms with van der Waals surface area (Å²) >= 11 is 1.35. The lowest BCUT2D eigenvalue weighted by Crippen LogP contribution is -2.33. The van der Waals surface area contributed by atoms with Gasteiger partial charge in [0.1, 0.15) is 15.5 Å². The zero-order valence-corrected chi connectivity index (χ0v) is 16.6. The van der Waals surface area contributed by atoms with E-state index in [9.17, 15) is 4.79 Å². The summed E-state index contributed by atoms with van der Waals surface area (Å²) in [6, 6.07) is 0. The molecule has 5 heterocycles. The molecule has 3 aromatic heterocycles. The van der Waals surface area contributed by atoms with Gasteiger partial charge in [-0.25, -0.2) is 4.98 Å². The molecule has 144 valence electrons. The minimum absolute atomic E-state index is 0.0120. The summed E-state index contributed by atoms with van der Waals surface area (Å²) in [7, 11) is 0. The van der Waals surface area contributed by atoms with Gasteiger partial charge in [0.15, 0.2) is 0 Å². The van der Waals surface area contributed by atoms with Gasteiger partial charge in [0.2, 0.25) is 0 Å². The summed E-state index contributed by atoms with van der Waals surface area (Å²) in [4.78, 5) is 27.3. The molecule has 0 bridgehead atoms. The van der Waals surface area contributed by atoms with Crippen LogP contribution in [0.4, 0.5) is 11.5 Å². The Labute approximate surface area is 166 Å². The van der Waals surface area contributed by atoms with Crippen LogP contribution in [0.3, 0.4) is 0 Å². The van der Waals surface area contributed by atoms with E-state index in [1.807, 2.05) is 18.7 Å². The molecule has 0 aromatic carbocycles. The highest BCUT2D eigenvalue weighted by molar-refractivity contribution is 7.21. The standard InChI is InChI=1S/C19H21N7OS/c1-10-11(2)23-24-18-15(10)16(20)17(28-18)19(27)26-8-12-6-25(7-13(12)9-26)14-5-21-3-4-22-14/h3-5,12-13H,6-9,20H2,1-2H3. The number of carbonyl (C=O) groups is 1. The van der Waals surface area contributed by atoms with Crippen LogP contribution >= 0.6 is 11.3 Å². The molecule has 0 aliphatic carbocycles. The van der Waals surface area contributed by atoms with Gasteiger partial charge in [0.25, 0.3) is 5.91 Å². The Morgan fingerprint density at radius 2 is 1.89 bits per heavy atom. The number of amides is 1. The number of thiophene rings is 1. The van der Waals surface area contributed by atoms with Crippen molar-refractivity contribution in [3.8, 4) is 0 Å². The van der Waals surface area contributed by atoms with Gasteiger partial charge in [-0.2, -0.15) is 5.10 Å². The fourth-order valence-electron chi connectivity index (χ4n) is 4.34. The topological polar surface area (TPSA) is 101 Å². The Morgan fingerprint density at radius 1 is 1.14 bits per heavy atom. The van der Waals surface area contributed by atoms with E-state index < -0.39 is 0 Å². The number of fused-ring (bicyclic) bond motifs is 2. The highest BCUT2D eigenvalue weighted by atomic mass is 32.1. The molecule has 3 aromatic rings. The van der Waals surface area contributed by atoms with E-state index in [0.29, 0.717) is 22.4 Å². The van der Waals surface area contributed by atoms with Gasteiger partial charge in [0, 0.05) is 55.8 Å². The minimum atomic E-state index is 0.0120. The van der Waals surface area contributed by atoms with Crippen molar-refractivity contribution in [3.63, 3.8) is 0 Å². The first-order chi connectivity index (χ1) is 13.5. The minimum Gasteiger partial charge on any atom is -0.397 e. The second-order valence-corrected chi connectivity index (χ2v) is 8.63. The predicted molar refractivity (Wildman–Crippen MR) is 108 cm³/mol. The maximum absolute atomic E-state index is 13.2. The van der Waals surface area contributed by atoms with E-state index >= 15 is 0 Å². The Morgan fingerprint density at radius 3 is 2.57 bits per heavy atom. The summed E-state index contributed by atoms with van der Waals surface area (Å²) in [6.07, 6.45) is 5.20. The third-order valence-corrected chi connectivity index (χ3v) is 7.05. The molecule has 2 aliphatic heterocycles. The third-order valence-electron chi connectivity index (χ3n) is 5.98. The second-order valence-electron chi connectivity index (χ2n) is 7.63. The van der Waals surface area contributed by atoms with Crippen molar-refractivity contribution < 1.29 is 4.79 Å². The first-order valence-electron chi connectivity index (χ1n) is 9.35. The van der Waals surface area contributed by atoms with Crippen molar-refractivity contribution >= 4 is 39.0 Å². The van der Waals surface area contributed by atoms with Crippen molar-refractivity contribution in [2.45, 2.75) is 13.8 Å². The number of likely N-dealkylation sites (tertiary alicyclic amines) is 1. The lowest BCUT2D eigenvalue weighted by molar-refractivity contribution is 0.0788. The first-order valence-corrected chi connectivity index (χ1v) is 10.2. The lowest BCUT2D eigenvalue weighted by atomic mass is 10.0. The van der Waals surface area contributed by atoms with Gasteiger partial charge in [-0.05, 0) is 19.4 Å². The zero-order chi connectivity index (χ0) is 19.4. The van der Waals surface area contributed by atoms with E-state index in [-0.39, 0.29) is 5.91 Å². The lowest BCUT2D eigenvalue weighted by Gasteiger charge is -2.22. The average molecular weight is 395 g/mol. The Hall–Kier alpha value is -2.81. The molecule has 2 atom stereocenters. The van der Waals surface area contributed by atoms with E-state index in [0.717, 1.165) is 53.5 Å². The number of carbonyl (C=O) groups excluding carboxylic acids is 1. The van der Waals surface area contributed by atoms with Crippen LogP contribution in [0.5, 0.6) is 0 Å². The van der Waals surface area contributed by atoms with Crippen LogP contribution in [0.1, 0.15) is 20.9 Å². The first kappa shape index (κ1) is 17.3. The van der Waals surface area contributed by atoms with Crippen molar-refractivity contribution in [3.05, 3.63) is 34.7 Å². The molecule has 8 nitrogen and oxygen atoms in total. The number of rotatable bonds is 2. The fourth-order valence-corrected chi connectivity index (χ4v) is 5.41. The van der Waals surface area contributed by atoms with E-state index in [2.05, 4.69) is 25.1 Å². The van der Waals surface area contributed by atoms with Gasteiger partial charge >= 0.3 is 0 Å². The molecule has 9 heteroatoms. The highest BCUT2D eigenvalue weighted by Crippen LogP contribution is 2.38. The molecule has 2 N–H and O–H groups in total. The smallest absolute Gasteiger partial charge is 0.266 e. The van der Waals surface area contributed by atoms with Crippen LogP contribution in [0.2, 0.25) is 0 Å². The van der Waals surface area contributed by atoms with Crippen molar-refractivity contribution in [2.24, 2.45) is 11.8 Å². The molecular weight excluding hydrogens is 374 g/mol.